The Bertz CT molecular complexity index is 669. The molecule has 0 unspecified atom stereocenters. The molecule has 3 fully saturated rings. The average Bonchev–Trinajstić information content (AvgIpc) is 3.21. The number of aromatic nitrogens is 2. The minimum Gasteiger partial charge on any atom is -0.360 e. The molecule has 2 N–H and O–H groups in total. The van der Waals surface area contributed by atoms with Gasteiger partial charge in [0.15, 0.2) is 5.11 Å². The lowest BCUT2D eigenvalue weighted by molar-refractivity contribution is 0.444. The van der Waals surface area contributed by atoms with Crippen molar-refractivity contribution in [2.75, 3.05) is 41.3 Å². The van der Waals surface area contributed by atoms with Crippen LogP contribution in [0.3, 0.4) is 0 Å². The van der Waals surface area contributed by atoms with Crippen LogP contribution in [0.2, 0.25) is 0 Å². The van der Waals surface area contributed by atoms with Gasteiger partial charge in [-0.1, -0.05) is 19.8 Å². The normalized spacial score (nSPS) is 23.7. The van der Waals surface area contributed by atoms with E-state index in [2.05, 4.69) is 33.4 Å². The highest BCUT2D eigenvalue weighted by atomic mass is 32.1. The summed E-state index contributed by atoms with van der Waals surface area (Å²) in [5.41, 5.74) is 0. The minimum atomic E-state index is 0.493. The second-order valence-corrected chi connectivity index (χ2v) is 9.14. The molecule has 0 radical (unpaired) electrons. The largest absolute Gasteiger partial charge is 0.360 e. The molecule has 1 saturated carbocycles. The Hall–Kier alpha value is -1.63. The Kier molecular flexibility index (Phi) is 6.50. The molecule has 1 aromatic rings. The third-order valence-electron chi connectivity index (χ3n) is 6.28. The molecule has 1 atom stereocenters. The van der Waals surface area contributed by atoms with Crippen LogP contribution in [-0.2, 0) is 0 Å². The van der Waals surface area contributed by atoms with Gasteiger partial charge in [-0.25, -0.2) is 0 Å². The molecular weight excluding hydrogens is 368 g/mol. The van der Waals surface area contributed by atoms with E-state index in [4.69, 9.17) is 22.2 Å². The van der Waals surface area contributed by atoms with Crippen molar-refractivity contribution in [3.05, 3.63) is 6.07 Å². The van der Waals surface area contributed by atoms with Crippen LogP contribution in [-0.4, -0.2) is 47.3 Å². The lowest BCUT2D eigenvalue weighted by Crippen LogP contribution is -2.38. The molecule has 2 saturated heterocycles. The SMILES string of the molecule is C[C@H]1CCCN(c2cc(N3CCCCC3)nc(NC(=S)NC3CCCC3)n2)C1. The Morgan fingerprint density at radius 3 is 2.32 bits per heavy atom. The second kappa shape index (κ2) is 9.25. The molecule has 0 bridgehead atoms. The number of rotatable bonds is 4. The molecule has 4 rings (SSSR count). The molecule has 7 heteroatoms. The van der Waals surface area contributed by atoms with Gasteiger partial charge in [0.05, 0.1) is 0 Å². The molecule has 6 nitrogen and oxygen atoms in total. The number of anilines is 3. The summed E-state index contributed by atoms with van der Waals surface area (Å²) in [6.45, 7) is 6.64. The van der Waals surface area contributed by atoms with Gasteiger partial charge in [-0.15, -0.1) is 0 Å². The van der Waals surface area contributed by atoms with Gasteiger partial charge in [0.1, 0.15) is 11.6 Å². The van der Waals surface area contributed by atoms with Crippen molar-refractivity contribution in [1.82, 2.24) is 15.3 Å². The van der Waals surface area contributed by atoms with Gasteiger partial charge < -0.3 is 20.4 Å². The molecule has 154 valence electrons. The molecule has 2 aliphatic heterocycles. The smallest absolute Gasteiger partial charge is 0.232 e. The van der Waals surface area contributed by atoms with Crippen molar-refractivity contribution in [2.45, 2.75) is 70.8 Å². The van der Waals surface area contributed by atoms with E-state index in [1.807, 2.05) is 0 Å². The van der Waals surface area contributed by atoms with Crippen LogP contribution in [0, 0.1) is 5.92 Å². The predicted octanol–water partition coefficient (Wildman–Crippen LogP) is 3.93. The maximum Gasteiger partial charge on any atom is 0.232 e. The number of nitrogens with zero attached hydrogens (tertiary/aromatic N) is 4. The van der Waals surface area contributed by atoms with Gasteiger partial charge in [-0.2, -0.15) is 9.97 Å². The van der Waals surface area contributed by atoms with Crippen LogP contribution in [0.5, 0.6) is 0 Å². The highest BCUT2D eigenvalue weighted by Crippen LogP contribution is 2.27. The fourth-order valence-electron chi connectivity index (χ4n) is 4.72. The van der Waals surface area contributed by atoms with Crippen molar-refractivity contribution in [3.8, 4) is 0 Å². The lowest BCUT2D eigenvalue weighted by atomic mass is 10.0. The van der Waals surface area contributed by atoms with Gasteiger partial charge in [-0.3, -0.25) is 0 Å². The number of hydrogen-bond donors (Lipinski definition) is 2. The van der Waals surface area contributed by atoms with E-state index in [1.165, 1.54) is 57.8 Å². The Labute approximate surface area is 174 Å². The summed E-state index contributed by atoms with van der Waals surface area (Å²) in [6.07, 6.45) is 11.3. The summed E-state index contributed by atoms with van der Waals surface area (Å²) in [7, 11) is 0. The van der Waals surface area contributed by atoms with E-state index in [1.54, 1.807) is 0 Å². The van der Waals surface area contributed by atoms with Crippen molar-refractivity contribution in [2.24, 2.45) is 5.92 Å². The summed E-state index contributed by atoms with van der Waals surface area (Å²) in [5.74, 6) is 3.41. The van der Waals surface area contributed by atoms with Crippen molar-refractivity contribution < 1.29 is 0 Å². The van der Waals surface area contributed by atoms with Gasteiger partial charge in [-0.05, 0) is 63.1 Å². The Morgan fingerprint density at radius 1 is 0.929 bits per heavy atom. The summed E-state index contributed by atoms with van der Waals surface area (Å²) >= 11 is 5.56. The van der Waals surface area contributed by atoms with Gasteiger partial charge in [0.2, 0.25) is 5.95 Å². The summed E-state index contributed by atoms with van der Waals surface area (Å²) in [5, 5.41) is 7.38. The third-order valence-corrected chi connectivity index (χ3v) is 6.50. The van der Waals surface area contributed by atoms with Crippen molar-refractivity contribution in [3.63, 3.8) is 0 Å². The van der Waals surface area contributed by atoms with E-state index >= 15 is 0 Å². The fraction of sp³-hybridized carbons (Fsp3) is 0.762. The number of hydrogen-bond acceptors (Lipinski definition) is 5. The highest BCUT2D eigenvalue weighted by Gasteiger charge is 2.22. The second-order valence-electron chi connectivity index (χ2n) is 8.73. The van der Waals surface area contributed by atoms with E-state index in [0.29, 0.717) is 23.0 Å². The average molecular weight is 403 g/mol. The monoisotopic (exact) mass is 402 g/mol. The zero-order valence-corrected chi connectivity index (χ0v) is 17.9. The van der Waals surface area contributed by atoms with Crippen molar-refractivity contribution >= 4 is 34.9 Å². The van der Waals surface area contributed by atoms with Gasteiger partial charge in [0, 0.05) is 38.3 Å². The lowest BCUT2D eigenvalue weighted by Gasteiger charge is -2.33. The van der Waals surface area contributed by atoms with Gasteiger partial charge in [0.25, 0.3) is 0 Å². The first-order valence-corrected chi connectivity index (χ1v) is 11.5. The standard InChI is InChI=1S/C21H34N6S/c1-16-8-7-13-27(15-16)19-14-18(26-11-5-2-6-12-26)23-20(24-19)25-21(28)22-17-9-3-4-10-17/h14,16-17H,2-13,15H2,1H3,(H2,22,23,24,25,28)/t16-/m0/s1. The first kappa shape index (κ1) is 19.7. The summed E-state index contributed by atoms with van der Waals surface area (Å²) < 4.78 is 0. The van der Waals surface area contributed by atoms with Crippen LogP contribution in [0.4, 0.5) is 17.6 Å². The molecule has 3 aliphatic rings. The van der Waals surface area contributed by atoms with Crippen LogP contribution < -0.4 is 20.4 Å². The molecule has 0 aromatic carbocycles. The van der Waals surface area contributed by atoms with Crippen molar-refractivity contribution in [1.29, 1.82) is 0 Å². The predicted molar refractivity (Wildman–Crippen MR) is 120 cm³/mol. The fourth-order valence-corrected chi connectivity index (χ4v) is 4.97. The number of thiocarbonyl (C=S) groups is 1. The van der Waals surface area contributed by atoms with E-state index in [9.17, 15) is 0 Å². The quantitative estimate of drug-likeness (QED) is 0.740. The van der Waals surface area contributed by atoms with Crippen LogP contribution >= 0.6 is 12.2 Å². The maximum atomic E-state index is 5.56. The van der Waals surface area contributed by atoms with Crippen LogP contribution in [0.15, 0.2) is 6.07 Å². The Balaban J connectivity index is 1.53. The van der Waals surface area contributed by atoms with Gasteiger partial charge >= 0.3 is 0 Å². The zero-order valence-electron chi connectivity index (χ0n) is 17.1. The first-order valence-electron chi connectivity index (χ1n) is 11.1. The highest BCUT2D eigenvalue weighted by molar-refractivity contribution is 7.80. The molecule has 3 heterocycles. The zero-order chi connectivity index (χ0) is 19.3. The topological polar surface area (TPSA) is 56.3 Å². The molecular formula is C21H34N6S. The summed E-state index contributed by atoms with van der Waals surface area (Å²) in [4.78, 5) is 14.5. The minimum absolute atomic E-state index is 0.493. The van der Waals surface area contributed by atoms with E-state index in [0.717, 1.165) is 37.8 Å². The summed E-state index contributed by atoms with van der Waals surface area (Å²) in [6, 6.07) is 2.68. The van der Waals surface area contributed by atoms with E-state index in [-0.39, 0.29) is 0 Å². The number of nitrogens with one attached hydrogen (secondary N) is 2. The van der Waals surface area contributed by atoms with Crippen LogP contribution in [0.25, 0.3) is 0 Å². The number of piperidine rings is 2. The molecule has 28 heavy (non-hydrogen) atoms. The van der Waals surface area contributed by atoms with E-state index < -0.39 is 0 Å². The Morgan fingerprint density at radius 2 is 1.61 bits per heavy atom. The molecule has 1 aliphatic carbocycles. The maximum absolute atomic E-state index is 5.56. The van der Waals surface area contributed by atoms with Crippen LogP contribution in [0.1, 0.15) is 64.7 Å². The molecule has 1 aromatic heterocycles. The third kappa shape index (κ3) is 5.04. The molecule has 0 amide bonds. The molecule has 0 spiro atoms. The first-order chi connectivity index (χ1) is 13.7.